The summed E-state index contributed by atoms with van der Waals surface area (Å²) in [6.45, 7) is 3.66. The van der Waals surface area contributed by atoms with Crippen molar-refractivity contribution in [1.82, 2.24) is 15.6 Å². The van der Waals surface area contributed by atoms with E-state index in [0.29, 0.717) is 0 Å². The average Bonchev–Trinajstić information content (AvgIpc) is 2.95. The van der Waals surface area contributed by atoms with Crippen molar-refractivity contribution in [2.24, 2.45) is 4.99 Å². The summed E-state index contributed by atoms with van der Waals surface area (Å²) >= 11 is 1.73. The molecule has 0 saturated heterocycles. The first-order valence-electron chi connectivity index (χ1n) is 7.77. The van der Waals surface area contributed by atoms with Crippen molar-refractivity contribution < 1.29 is 4.39 Å². The standard InChI is InChI=1S/C17H23FN4S/c1-13-12-22-16(23-13)8-10-21-17(19-2)20-9-4-6-14-5-3-7-15(18)11-14/h3,5,7,11-12H,4,6,8-10H2,1-2H3,(H2,19,20,21). The maximum atomic E-state index is 13.1. The van der Waals surface area contributed by atoms with Crippen molar-refractivity contribution in [2.45, 2.75) is 26.2 Å². The van der Waals surface area contributed by atoms with Crippen molar-refractivity contribution in [1.29, 1.82) is 0 Å². The predicted octanol–water partition coefficient (Wildman–Crippen LogP) is 2.93. The van der Waals surface area contributed by atoms with Crippen molar-refractivity contribution in [3.63, 3.8) is 0 Å². The van der Waals surface area contributed by atoms with Crippen LogP contribution in [-0.4, -0.2) is 31.1 Å². The zero-order valence-corrected chi connectivity index (χ0v) is 14.4. The summed E-state index contributed by atoms with van der Waals surface area (Å²) in [6.07, 6.45) is 4.57. The minimum absolute atomic E-state index is 0.176. The molecule has 1 aromatic heterocycles. The van der Waals surface area contributed by atoms with E-state index < -0.39 is 0 Å². The summed E-state index contributed by atoms with van der Waals surface area (Å²) in [5.74, 6) is 0.614. The maximum absolute atomic E-state index is 13.1. The SMILES string of the molecule is CN=C(NCCCc1cccc(F)c1)NCCc1ncc(C)s1. The lowest BCUT2D eigenvalue weighted by Crippen LogP contribution is -2.38. The second-order valence-corrected chi connectivity index (χ2v) is 6.59. The fourth-order valence-electron chi connectivity index (χ4n) is 2.22. The van der Waals surface area contributed by atoms with E-state index in [0.717, 1.165) is 48.9 Å². The highest BCUT2D eigenvalue weighted by Crippen LogP contribution is 2.10. The van der Waals surface area contributed by atoms with Gasteiger partial charge >= 0.3 is 0 Å². The molecule has 0 aliphatic heterocycles. The smallest absolute Gasteiger partial charge is 0.190 e. The zero-order valence-electron chi connectivity index (χ0n) is 13.6. The molecular weight excluding hydrogens is 311 g/mol. The molecule has 6 heteroatoms. The third kappa shape index (κ3) is 6.36. The maximum Gasteiger partial charge on any atom is 0.190 e. The largest absolute Gasteiger partial charge is 0.356 e. The van der Waals surface area contributed by atoms with Gasteiger partial charge in [-0.2, -0.15) is 0 Å². The molecule has 2 rings (SSSR count). The number of guanidine groups is 1. The van der Waals surface area contributed by atoms with Crippen LogP contribution >= 0.6 is 11.3 Å². The summed E-state index contributed by atoms with van der Waals surface area (Å²) in [5, 5.41) is 7.69. The Labute approximate surface area is 140 Å². The van der Waals surface area contributed by atoms with Crippen molar-refractivity contribution >= 4 is 17.3 Å². The molecule has 124 valence electrons. The van der Waals surface area contributed by atoms with Crippen LogP contribution < -0.4 is 10.6 Å². The van der Waals surface area contributed by atoms with Gasteiger partial charge in [-0.15, -0.1) is 11.3 Å². The Kier molecular flexibility index (Phi) is 7.00. The van der Waals surface area contributed by atoms with Crippen LogP contribution in [0.2, 0.25) is 0 Å². The molecule has 0 fully saturated rings. The highest BCUT2D eigenvalue weighted by Gasteiger charge is 2.01. The van der Waals surface area contributed by atoms with Gasteiger partial charge in [-0.1, -0.05) is 12.1 Å². The van der Waals surface area contributed by atoms with E-state index in [2.05, 4.69) is 27.5 Å². The van der Waals surface area contributed by atoms with Gasteiger partial charge in [0.05, 0.1) is 5.01 Å². The van der Waals surface area contributed by atoms with Gasteiger partial charge in [0, 0.05) is 37.6 Å². The molecule has 1 heterocycles. The van der Waals surface area contributed by atoms with E-state index >= 15 is 0 Å². The number of benzene rings is 1. The van der Waals surface area contributed by atoms with Crippen molar-refractivity contribution in [3.8, 4) is 0 Å². The van der Waals surface area contributed by atoms with Gasteiger partial charge in [-0.3, -0.25) is 4.99 Å². The van der Waals surface area contributed by atoms with Crippen LogP contribution in [0, 0.1) is 12.7 Å². The summed E-state index contributed by atoms with van der Waals surface area (Å²) in [6, 6.07) is 6.76. The molecule has 0 aliphatic rings. The first-order chi connectivity index (χ1) is 11.2. The molecule has 4 nitrogen and oxygen atoms in total. The lowest BCUT2D eigenvalue weighted by Gasteiger charge is -2.11. The molecule has 23 heavy (non-hydrogen) atoms. The molecule has 1 aromatic carbocycles. The van der Waals surface area contributed by atoms with Gasteiger partial charge in [0.25, 0.3) is 0 Å². The summed E-state index contributed by atoms with van der Waals surface area (Å²) in [7, 11) is 1.76. The first-order valence-corrected chi connectivity index (χ1v) is 8.59. The van der Waals surface area contributed by atoms with E-state index in [1.165, 1.54) is 10.9 Å². The number of nitrogens with one attached hydrogen (secondary N) is 2. The second kappa shape index (κ2) is 9.25. The number of rotatable bonds is 7. The fraction of sp³-hybridized carbons (Fsp3) is 0.412. The van der Waals surface area contributed by atoms with Crippen LogP contribution in [0.4, 0.5) is 4.39 Å². The number of hydrogen-bond acceptors (Lipinski definition) is 3. The first kappa shape index (κ1) is 17.4. The highest BCUT2D eigenvalue weighted by molar-refractivity contribution is 7.11. The Morgan fingerprint density at radius 2 is 2.09 bits per heavy atom. The number of halogens is 1. The van der Waals surface area contributed by atoms with Crippen LogP contribution in [-0.2, 0) is 12.8 Å². The Bertz CT molecular complexity index is 639. The van der Waals surface area contributed by atoms with Gasteiger partial charge in [-0.05, 0) is 37.5 Å². The van der Waals surface area contributed by atoms with Gasteiger partial charge in [0.15, 0.2) is 5.96 Å². The molecule has 0 amide bonds. The third-order valence-corrected chi connectivity index (χ3v) is 4.32. The van der Waals surface area contributed by atoms with Gasteiger partial charge in [0.1, 0.15) is 5.82 Å². The second-order valence-electron chi connectivity index (χ2n) is 5.27. The Morgan fingerprint density at radius 3 is 2.78 bits per heavy atom. The Morgan fingerprint density at radius 1 is 1.26 bits per heavy atom. The number of thiazole rings is 1. The topological polar surface area (TPSA) is 49.3 Å². The Hall–Kier alpha value is -1.95. The number of aromatic nitrogens is 1. The number of nitrogens with zero attached hydrogens (tertiary/aromatic N) is 2. The normalized spacial score (nSPS) is 11.5. The van der Waals surface area contributed by atoms with Gasteiger partial charge in [-0.25, -0.2) is 9.37 Å². The van der Waals surface area contributed by atoms with Gasteiger partial charge in [0.2, 0.25) is 0 Å². The molecule has 0 unspecified atom stereocenters. The molecule has 2 N–H and O–H groups in total. The molecule has 0 spiro atoms. The highest BCUT2D eigenvalue weighted by atomic mass is 32.1. The third-order valence-electron chi connectivity index (χ3n) is 3.35. The quantitative estimate of drug-likeness (QED) is 0.465. The van der Waals surface area contributed by atoms with Crippen LogP contribution in [0.15, 0.2) is 35.5 Å². The van der Waals surface area contributed by atoms with Crippen LogP contribution in [0.5, 0.6) is 0 Å². The predicted molar refractivity (Wildman–Crippen MR) is 94.6 cm³/mol. The monoisotopic (exact) mass is 334 g/mol. The van der Waals surface area contributed by atoms with Crippen LogP contribution in [0.3, 0.4) is 0 Å². The zero-order chi connectivity index (χ0) is 16.5. The molecule has 2 aromatic rings. The van der Waals surface area contributed by atoms with E-state index in [9.17, 15) is 4.39 Å². The number of hydrogen-bond donors (Lipinski definition) is 2. The van der Waals surface area contributed by atoms with Crippen LogP contribution in [0.25, 0.3) is 0 Å². The van der Waals surface area contributed by atoms with Crippen molar-refractivity contribution in [2.75, 3.05) is 20.1 Å². The molecule has 0 aliphatic carbocycles. The lowest BCUT2D eigenvalue weighted by molar-refractivity contribution is 0.624. The molecule has 0 atom stereocenters. The van der Waals surface area contributed by atoms with Crippen LogP contribution in [0.1, 0.15) is 21.9 Å². The summed E-state index contributed by atoms with van der Waals surface area (Å²) < 4.78 is 13.1. The summed E-state index contributed by atoms with van der Waals surface area (Å²) in [5.41, 5.74) is 1.02. The van der Waals surface area contributed by atoms with Gasteiger partial charge < -0.3 is 10.6 Å². The molecular formula is C17H23FN4S. The Balaban J connectivity index is 1.63. The average molecular weight is 334 g/mol. The molecule has 0 radical (unpaired) electrons. The van der Waals surface area contributed by atoms with E-state index in [1.54, 1.807) is 30.5 Å². The molecule has 0 bridgehead atoms. The number of aryl methyl sites for hydroxylation is 2. The fourth-order valence-corrected chi connectivity index (χ4v) is 3.00. The minimum atomic E-state index is -0.176. The summed E-state index contributed by atoms with van der Waals surface area (Å²) in [4.78, 5) is 9.78. The number of aliphatic imine (C=N–C) groups is 1. The van der Waals surface area contributed by atoms with E-state index in [1.807, 2.05) is 12.3 Å². The van der Waals surface area contributed by atoms with E-state index in [-0.39, 0.29) is 5.82 Å². The van der Waals surface area contributed by atoms with E-state index in [4.69, 9.17) is 0 Å². The lowest BCUT2D eigenvalue weighted by atomic mass is 10.1. The minimum Gasteiger partial charge on any atom is -0.356 e. The molecule has 0 saturated carbocycles. The van der Waals surface area contributed by atoms with Crippen molar-refractivity contribution in [3.05, 3.63) is 51.7 Å².